The quantitative estimate of drug-likeness (QED) is 0.873. The summed E-state index contributed by atoms with van der Waals surface area (Å²) in [6, 6.07) is 9.88. The Balaban J connectivity index is 1.99. The highest BCUT2D eigenvalue weighted by Crippen LogP contribution is 2.31. The van der Waals surface area contributed by atoms with Gasteiger partial charge >= 0.3 is 0 Å². The minimum atomic E-state index is 0.335. The van der Waals surface area contributed by atoms with Crippen molar-refractivity contribution in [3.63, 3.8) is 0 Å². The summed E-state index contributed by atoms with van der Waals surface area (Å²) in [5.74, 6) is 0.335. The van der Waals surface area contributed by atoms with E-state index in [9.17, 15) is 0 Å². The zero-order valence-corrected chi connectivity index (χ0v) is 10.0. The predicted molar refractivity (Wildman–Crippen MR) is 69.4 cm³/mol. The van der Waals surface area contributed by atoms with E-state index in [0.29, 0.717) is 5.88 Å². The number of benzene rings is 1. The van der Waals surface area contributed by atoms with Crippen LogP contribution in [0.3, 0.4) is 0 Å². The lowest BCUT2D eigenvalue weighted by Crippen LogP contribution is -2.36. The van der Waals surface area contributed by atoms with Crippen LogP contribution in [-0.2, 0) is 4.74 Å². The van der Waals surface area contributed by atoms with E-state index < -0.39 is 0 Å². The molecule has 1 aliphatic heterocycles. The lowest BCUT2D eigenvalue weighted by atomic mass is 10.1. The molecule has 94 valence electrons. The summed E-state index contributed by atoms with van der Waals surface area (Å²) < 4.78 is 10.3. The van der Waals surface area contributed by atoms with Crippen molar-refractivity contribution < 1.29 is 9.26 Å². The van der Waals surface area contributed by atoms with Gasteiger partial charge in [-0.25, -0.2) is 0 Å². The Labute approximate surface area is 105 Å². The maximum atomic E-state index is 5.58. The predicted octanol–water partition coefficient (Wildman–Crippen LogP) is 1.76. The molecule has 18 heavy (non-hydrogen) atoms. The molecule has 0 saturated carbocycles. The summed E-state index contributed by atoms with van der Waals surface area (Å²) in [6.07, 6.45) is 0. The molecule has 1 fully saturated rings. The van der Waals surface area contributed by atoms with Gasteiger partial charge in [0.15, 0.2) is 0 Å². The lowest BCUT2D eigenvalue weighted by Gasteiger charge is -2.30. The second-order valence-electron chi connectivity index (χ2n) is 4.23. The molecular weight excluding hydrogens is 230 g/mol. The van der Waals surface area contributed by atoms with Crippen LogP contribution in [0.1, 0.15) is 0 Å². The molecule has 1 aromatic carbocycles. The Kier molecular flexibility index (Phi) is 2.90. The molecule has 5 heteroatoms. The summed E-state index contributed by atoms with van der Waals surface area (Å²) in [6.45, 7) is 3.30. The topological polar surface area (TPSA) is 64.5 Å². The van der Waals surface area contributed by atoms with E-state index in [-0.39, 0.29) is 0 Å². The Morgan fingerprint density at radius 2 is 1.94 bits per heavy atom. The standard InChI is InChI=1S/C13H15N3O2/c14-13-9-11(15-18-13)10-3-1-2-4-12(10)16-5-7-17-8-6-16/h1-4,9H,5-8,14H2. The Bertz CT molecular complexity index is 533. The van der Waals surface area contributed by atoms with Crippen molar-refractivity contribution in [1.82, 2.24) is 5.16 Å². The first-order chi connectivity index (χ1) is 8.84. The first-order valence-electron chi connectivity index (χ1n) is 5.99. The van der Waals surface area contributed by atoms with Crippen molar-refractivity contribution in [3.8, 4) is 11.3 Å². The van der Waals surface area contributed by atoms with Gasteiger partial charge in [0.2, 0.25) is 5.88 Å². The molecular formula is C13H15N3O2. The maximum absolute atomic E-state index is 5.58. The average Bonchev–Trinajstić information content (AvgIpc) is 2.86. The first kappa shape index (κ1) is 11.1. The number of anilines is 2. The molecule has 2 heterocycles. The van der Waals surface area contributed by atoms with Crippen LogP contribution in [0.25, 0.3) is 11.3 Å². The van der Waals surface area contributed by atoms with E-state index in [1.165, 1.54) is 0 Å². The molecule has 0 radical (unpaired) electrons. The summed E-state index contributed by atoms with van der Waals surface area (Å²) in [5.41, 5.74) is 8.54. The Hall–Kier alpha value is -2.01. The minimum Gasteiger partial charge on any atom is -0.378 e. The van der Waals surface area contributed by atoms with Gasteiger partial charge in [-0.3, -0.25) is 0 Å². The van der Waals surface area contributed by atoms with Crippen LogP contribution in [0, 0.1) is 0 Å². The highest BCUT2D eigenvalue weighted by molar-refractivity contribution is 5.77. The van der Waals surface area contributed by atoms with Gasteiger partial charge in [-0.2, -0.15) is 0 Å². The zero-order valence-electron chi connectivity index (χ0n) is 10.0. The normalized spacial score (nSPS) is 15.9. The molecule has 1 saturated heterocycles. The highest BCUT2D eigenvalue weighted by atomic mass is 16.5. The van der Waals surface area contributed by atoms with Crippen molar-refractivity contribution in [2.24, 2.45) is 0 Å². The largest absolute Gasteiger partial charge is 0.378 e. The monoisotopic (exact) mass is 245 g/mol. The molecule has 1 aromatic heterocycles. The summed E-state index contributed by atoms with van der Waals surface area (Å²) in [5, 5.41) is 3.98. The average molecular weight is 245 g/mol. The number of para-hydroxylation sites is 1. The third-order valence-corrected chi connectivity index (χ3v) is 3.06. The van der Waals surface area contributed by atoms with Crippen molar-refractivity contribution in [2.75, 3.05) is 36.9 Å². The van der Waals surface area contributed by atoms with Gasteiger partial charge in [-0.05, 0) is 6.07 Å². The summed E-state index contributed by atoms with van der Waals surface area (Å²) >= 11 is 0. The van der Waals surface area contributed by atoms with E-state index in [1.807, 2.05) is 18.2 Å². The first-order valence-corrected chi connectivity index (χ1v) is 5.99. The highest BCUT2D eigenvalue weighted by Gasteiger charge is 2.16. The molecule has 0 atom stereocenters. The Morgan fingerprint density at radius 1 is 1.17 bits per heavy atom. The van der Waals surface area contributed by atoms with Crippen LogP contribution in [0.4, 0.5) is 11.6 Å². The molecule has 2 N–H and O–H groups in total. The molecule has 0 spiro atoms. The van der Waals surface area contributed by atoms with E-state index in [4.69, 9.17) is 15.0 Å². The molecule has 0 amide bonds. The molecule has 2 aromatic rings. The third-order valence-electron chi connectivity index (χ3n) is 3.06. The van der Waals surface area contributed by atoms with Gasteiger partial charge in [0.1, 0.15) is 5.69 Å². The van der Waals surface area contributed by atoms with Crippen LogP contribution in [-0.4, -0.2) is 31.5 Å². The van der Waals surface area contributed by atoms with Crippen molar-refractivity contribution >= 4 is 11.6 Å². The second-order valence-corrected chi connectivity index (χ2v) is 4.23. The summed E-state index contributed by atoms with van der Waals surface area (Å²) in [7, 11) is 0. The number of nitrogens with two attached hydrogens (primary N) is 1. The molecule has 3 rings (SSSR count). The van der Waals surface area contributed by atoms with Crippen LogP contribution < -0.4 is 10.6 Å². The smallest absolute Gasteiger partial charge is 0.222 e. The van der Waals surface area contributed by atoms with E-state index >= 15 is 0 Å². The number of nitrogen functional groups attached to an aromatic ring is 1. The summed E-state index contributed by atoms with van der Waals surface area (Å²) in [4.78, 5) is 2.30. The fraction of sp³-hybridized carbons (Fsp3) is 0.308. The number of nitrogens with zero attached hydrogens (tertiary/aromatic N) is 2. The van der Waals surface area contributed by atoms with Gasteiger partial charge in [0.05, 0.1) is 13.2 Å². The van der Waals surface area contributed by atoms with Gasteiger partial charge in [0.25, 0.3) is 0 Å². The van der Waals surface area contributed by atoms with Crippen LogP contribution in [0.5, 0.6) is 0 Å². The van der Waals surface area contributed by atoms with E-state index in [1.54, 1.807) is 6.07 Å². The number of rotatable bonds is 2. The Morgan fingerprint density at radius 3 is 2.67 bits per heavy atom. The number of ether oxygens (including phenoxy) is 1. The van der Waals surface area contributed by atoms with Gasteiger partial charge in [-0.15, -0.1) is 0 Å². The fourth-order valence-corrected chi connectivity index (χ4v) is 2.19. The van der Waals surface area contributed by atoms with Crippen LogP contribution >= 0.6 is 0 Å². The number of hydrogen-bond donors (Lipinski definition) is 1. The van der Waals surface area contributed by atoms with Gasteiger partial charge in [-0.1, -0.05) is 23.4 Å². The van der Waals surface area contributed by atoms with Crippen LogP contribution in [0.15, 0.2) is 34.9 Å². The molecule has 1 aliphatic rings. The molecule has 0 aliphatic carbocycles. The number of hydrogen-bond acceptors (Lipinski definition) is 5. The van der Waals surface area contributed by atoms with E-state index in [0.717, 1.165) is 43.2 Å². The van der Waals surface area contributed by atoms with Gasteiger partial charge < -0.3 is 19.9 Å². The second kappa shape index (κ2) is 4.70. The van der Waals surface area contributed by atoms with Crippen molar-refractivity contribution in [2.45, 2.75) is 0 Å². The van der Waals surface area contributed by atoms with Crippen molar-refractivity contribution in [3.05, 3.63) is 30.3 Å². The lowest BCUT2D eigenvalue weighted by molar-refractivity contribution is 0.123. The molecule has 0 bridgehead atoms. The maximum Gasteiger partial charge on any atom is 0.222 e. The van der Waals surface area contributed by atoms with Gasteiger partial charge in [0, 0.05) is 30.4 Å². The fourth-order valence-electron chi connectivity index (χ4n) is 2.19. The van der Waals surface area contributed by atoms with Crippen molar-refractivity contribution in [1.29, 1.82) is 0 Å². The zero-order chi connectivity index (χ0) is 12.4. The third kappa shape index (κ3) is 2.04. The minimum absolute atomic E-state index is 0.335. The number of aromatic nitrogens is 1. The number of morpholine rings is 1. The molecule has 5 nitrogen and oxygen atoms in total. The van der Waals surface area contributed by atoms with Crippen LogP contribution in [0.2, 0.25) is 0 Å². The van der Waals surface area contributed by atoms with E-state index in [2.05, 4.69) is 16.1 Å². The SMILES string of the molecule is Nc1cc(-c2ccccc2N2CCOCC2)no1. The molecule has 0 unspecified atom stereocenters.